The van der Waals surface area contributed by atoms with Crippen molar-refractivity contribution in [1.29, 1.82) is 0 Å². The van der Waals surface area contributed by atoms with Crippen molar-refractivity contribution >= 4 is 0 Å². The number of hydroxylamine groups is 2. The molecule has 0 aromatic carbocycles. The lowest BCUT2D eigenvalue weighted by molar-refractivity contribution is -0.315. The Balaban J connectivity index is 1.29. The van der Waals surface area contributed by atoms with Gasteiger partial charge in [-0.25, -0.2) is 0 Å². The summed E-state index contributed by atoms with van der Waals surface area (Å²) < 4.78 is 6.33. The molecule has 0 aromatic rings. The highest BCUT2D eigenvalue weighted by atomic mass is 16.6. The Morgan fingerprint density at radius 3 is 2.26 bits per heavy atom. The molecule has 1 radical (unpaired) electrons. The number of rotatable bonds is 5. The highest BCUT2D eigenvalue weighted by molar-refractivity contribution is 5.12. The van der Waals surface area contributed by atoms with E-state index in [4.69, 9.17) is 4.74 Å². The van der Waals surface area contributed by atoms with Gasteiger partial charge >= 0.3 is 0 Å². The summed E-state index contributed by atoms with van der Waals surface area (Å²) in [6.45, 7) is 17.4. The fourth-order valence-electron chi connectivity index (χ4n) is 10.5. The van der Waals surface area contributed by atoms with E-state index in [-0.39, 0.29) is 5.54 Å². The average Bonchev–Trinajstić information content (AvgIpc) is 3.24. The van der Waals surface area contributed by atoms with Gasteiger partial charge in [0.1, 0.15) is 5.72 Å². The van der Waals surface area contributed by atoms with Crippen LogP contribution < -0.4 is 0 Å². The molecule has 1 saturated heterocycles. The number of hydrogen-bond donors (Lipinski definition) is 0. The van der Waals surface area contributed by atoms with Gasteiger partial charge in [-0.2, -0.15) is 0 Å². The molecule has 1 heterocycles. The molecular weight excluding hydrogens is 418 g/mol. The highest BCUT2D eigenvalue weighted by Gasteiger charge is 2.64. The van der Waals surface area contributed by atoms with Gasteiger partial charge in [0.2, 0.25) is 0 Å². The predicted octanol–water partition coefficient (Wildman–Crippen LogP) is 8.26. The smallest absolute Gasteiger partial charge is 0.148 e. The van der Waals surface area contributed by atoms with Crippen molar-refractivity contribution in [2.75, 3.05) is 6.61 Å². The Labute approximate surface area is 210 Å². The van der Waals surface area contributed by atoms with E-state index in [2.05, 4.69) is 48.5 Å². The summed E-state index contributed by atoms with van der Waals surface area (Å²) >= 11 is 0. The minimum Gasteiger partial charge on any atom is -0.356 e. The van der Waals surface area contributed by atoms with E-state index in [9.17, 15) is 5.21 Å². The molecule has 9 atom stereocenters. The Hall–Kier alpha value is -0.120. The largest absolute Gasteiger partial charge is 0.356 e. The maximum atomic E-state index is 13.3. The van der Waals surface area contributed by atoms with Crippen LogP contribution in [-0.4, -0.2) is 22.9 Å². The number of hydrogen-bond acceptors (Lipinski definition) is 2. The maximum Gasteiger partial charge on any atom is 0.148 e. The number of nitrogens with zero attached hydrogens (tertiary/aromatic N) is 1. The van der Waals surface area contributed by atoms with Crippen LogP contribution in [-0.2, 0) is 9.94 Å². The maximum absolute atomic E-state index is 13.3. The minimum absolute atomic E-state index is 0.373. The zero-order chi connectivity index (χ0) is 24.5. The van der Waals surface area contributed by atoms with Crippen LogP contribution in [0.3, 0.4) is 0 Å². The second-order valence-corrected chi connectivity index (χ2v) is 15.2. The molecule has 1 spiro atoms. The monoisotopic (exact) mass is 472 g/mol. The zero-order valence-corrected chi connectivity index (χ0v) is 23.5. The number of ether oxygens (including phenoxy) is 1. The predicted molar refractivity (Wildman–Crippen MR) is 138 cm³/mol. The molecule has 34 heavy (non-hydrogen) atoms. The summed E-state index contributed by atoms with van der Waals surface area (Å²) in [7, 11) is 0. The van der Waals surface area contributed by atoms with E-state index >= 15 is 0 Å². The van der Waals surface area contributed by atoms with Crippen LogP contribution in [0.4, 0.5) is 0 Å². The van der Waals surface area contributed by atoms with E-state index in [1.54, 1.807) is 0 Å². The van der Waals surface area contributed by atoms with E-state index in [1.165, 1.54) is 69.3 Å². The summed E-state index contributed by atoms with van der Waals surface area (Å²) in [5.74, 6) is 6.05. The molecule has 4 aliphatic carbocycles. The molecule has 0 aromatic heterocycles. The van der Waals surface area contributed by atoms with Crippen molar-refractivity contribution in [3.63, 3.8) is 0 Å². The van der Waals surface area contributed by atoms with Crippen molar-refractivity contribution < 1.29 is 9.94 Å². The molecule has 5 aliphatic rings. The molecule has 4 saturated carbocycles. The highest BCUT2D eigenvalue weighted by Crippen LogP contribution is 2.69. The quantitative estimate of drug-likeness (QED) is 0.403. The Kier molecular flexibility index (Phi) is 6.55. The second kappa shape index (κ2) is 8.73. The molecule has 3 heteroatoms. The van der Waals surface area contributed by atoms with Gasteiger partial charge in [0.05, 0.1) is 12.1 Å². The van der Waals surface area contributed by atoms with Crippen LogP contribution in [0, 0.1) is 52.3 Å². The van der Waals surface area contributed by atoms with Gasteiger partial charge in [0.25, 0.3) is 0 Å². The van der Waals surface area contributed by atoms with Crippen LogP contribution in [0.15, 0.2) is 0 Å². The first-order chi connectivity index (χ1) is 15.9. The lowest BCUT2D eigenvalue weighted by Crippen LogP contribution is -2.59. The lowest BCUT2D eigenvalue weighted by atomic mass is 9.44. The molecular formula is C31H54NO2. The summed E-state index contributed by atoms with van der Waals surface area (Å²) in [5, 5.41) is 14.6. The molecule has 0 N–H and O–H groups in total. The Morgan fingerprint density at radius 2 is 1.59 bits per heavy atom. The third kappa shape index (κ3) is 3.85. The van der Waals surface area contributed by atoms with Crippen LogP contribution in [0.2, 0.25) is 0 Å². The van der Waals surface area contributed by atoms with E-state index in [0.717, 1.165) is 48.3 Å². The summed E-state index contributed by atoms with van der Waals surface area (Å²) in [5.41, 5.74) is 0.0746. The fourth-order valence-corrected chi connectivity index (χ4v) is 10.5. The summed E-state index contributed by atoms with van der Waals surface area (Å²) in [6, 6.07) is 0. The van der Waals surface area contributed by atoms with E-state index < -0.39 is 5.72 Å². The molecule has 3 nitrogen and oxygen atoms in total. The minimum atomic E-state index is -0.534. The Bertz CT molecular complexity index is 750. The topological polar surface area (TPSA) is 32.4 Å². The first kappa shape index (κ1) is 25.5. The molecule has 195 valence electrons. The van der Waals surface area contributed by atoms with E-state index in [1.807, 2.05) is 0 Å². The SMILES string of the molecule is CC(C)CCC[C@@H](C)[C@H]1CCC2C3CC[C@H]4CC5(CC[C@]4(C)C3CC[C@@]21C)OCC(C)(C)N5[O]. The van der Waals surface area contributed by atoms with Crippen molar-refractivity contribution in [3.8, 4) is 0 Å². The standard InChI is InChI=1S/C31H54NO2/c1-21(2)9-8-10-22(3)25-13-14-26-24-12-11-23-19-31(32(33)28(4,5)20-34-31)18-17-29(23,6)27(24)15-16-30(25,26)7/h21-27H,8-20H2,1-7H3/t22-,23+,24?,25-,26?,27?,29+,30-,31?/m1/s1. The number of fused-ring (bicyclic) bond motifs is 5. The lowest BCUT2D eigenvalue weighted by Gasteiger charge is -2.62. The van der Waals surface area contributed by atoms with Gasteiger partial charge in [-0.1, -0.05) is 53.9 Å². The first-order valence-electron chi connectivity index (χ1n) is 15.0. The molecule has 5 fully saturated rings. The summed E-state index contributed by atoms with van der Waals surface area (Å²) in [4.78, 5) is 0. The van der Waals surface area contributed by atoms with Gasteiger partial charge < -0.3 is 4.74 Å². The van der Waals surface area contributed by atoms with Gasteiger partial charge in [0.15, 0.2) is 0 Å². The molecule has 0 bridgehead atoms. The van der Waals surface area contributed by atoms with Crippen LogP contribution >= 0.6 is 0 Å². The van der Waals surface area contributed by atoms with Gasteiger partial charge in [0, 0.05) is 0 Å². The van der Waals surface area contributed by atoms with Crippen molar-refractivity contribution in [1.82, 2.24) is 5.06 Å². The van der Waals surface area contributed by atoms with Gasteiger partial charge in [-0.15, -0.1) is 10.3 Å². The van der Waals surface area contributed by atoms with Crippen molar-refractivity contribution in [2.24, 2.45) is 52.3 Å². The molecule has 1 aliphatic heterocycles. The average molecular weight is 473 g/mol. The second-order valence-electron chi connectivity index (χ2n) is 15.2. The first-order valence-corrected chi connectivity index (χ1v) is 15.0. The van der Waals surface area contributed by atoms with E-state index in [0.29, 0.717) is 23.4 Å². The molecule has 4 unspecified atom stereocenters. The molecule has 5 rings (SSSR count). The van der Waals surface area contributed by atoms with Crippen LogP contribution in [0.5, 0.6) is 0 Å². The van der Waals surface area contributed by atoms with Crippen LogP contribution in [0.1, 0.15) is 126 Å². The van der Waals surface area contributed by atoms with Gasteiger partial charge in [-0.3, -0.25) is 0 Å². The van der Waals surface area contributed by atoms with Crippen molar-refractivity contribution in [2.45, 2.75) is 137 Å². The van der Waals surface area contributed by atoms with Crippen molar-refractivity contribution in [3.05, 3.63) is 0 Å². The van der Waals surface area contributed by atoms with Crippen LogP contribution in [0.25, 0.3) is 0 Å². The normalized spacial score (nSPS) is 49.1. The fraction of sp³-hybridized carbons (Fsp3) is 1.00. The molecule has 0 amide bonds. The third-order valence-electron chi connectivity index (χ3n) is 12.5. The van der Waals surface area contributed by atoms with Gasteiger partial charge in [-0.05, 0) is 124 Å². The Morgan fingerprint density at radius 1 is 0.853 bits per heavy atom. The third-order valence-corrected chi connectivity index (χ3v) is 12.5. The zero-order valence-electron chi connectivity index (χ0n) is 23.5. The summed E-state index contributed by atoms with van der Waals surface area (Å²) in [6.07, 6.45) is 15.9.